The van der Waals surface area contributed by atoms with Crippen molar-refractivity contribution in [1.82, 2.24) is 0 Å². The maximum Gasteiger partial charge on any atom is 0.101 e. The van der Waals surface area contributed by atoms with Crippen molar-refractivity contribution >= 4 is 12.0 Å². The molecule has 4 heteroatoms. The average molecular weight is 190 g/mol. The molecule has 1 aromatic carbocycles. The third kappa shape index (κ3) is 2.22. The van der Waals surface area contributed by atoms with Crippen LogP contribution in [0.15, 0.2) is 23.1 Å². The van der Waals surface area contributed by atoms with Crippen molar-refractivity contribution in [2.45, 2.75) is 4.90 Å². The highest BCUT2D eigenvalue weighted by Crippen LogP contribution is 2.20. The Labute approximate surface area is 80.8 Å². The van der Waals surface area contributed by atoms with Gasteiger partial charge < -0.3 is 4.18 Å². The Morgan fingerprint density at radius 3 is 2.46 bits per heavy atom. The maximum absolute atomic E-state index is 8.69. The van der Waals surface area contributed by atoms with Crippen LogP contribution < -0.4 is 0 Å². The van der Waals surface area contributed by atoms with Crippen molar-refractivity contribution in [2.75, 3.05) is 7.11 Å². The van der Waals surface area contributed by atoms with E-state index in [0.717, 1.165) is 16.9 Å². The minimum atomic E-state index is 0.379. The van der Waals surface area contributed by atoms with Gasteiger partial charge in [-0.1, -0.05) is 0 Å². The summed E-state index contributed by atoms with van der Waals surface area (Å²) in [6.07, 6.45) is 0. The van der Waals surface area contributed by atoms with E-state index in [0.29, 0.717) is 11.1 Å². The zero-order chi connectivity index (χ0) is 9.68. The molecule has 0 bridgehead atoms. The largest absolute Gasteiger partial charge is 0.314 e. The second kappa shape index (κ2) is 4.51. The summed E-state index contributed by atoms with van der Waals surface area (Å²) in [5.74, 6) is 0. The second-order valence-corrected chi connectivity index (χ2v) is 3.15. The minimum Gasteiger partial charge on any atom is -0.314 e. The van der Waals surface area contributed by atoms with E-state index in [9.17, 15) is 0 Å². The molecule has 1 rings (SSSR count). The Bertz CT molecular complexity index is 390. The van der Waals surface area contributed by atoms with Crippen LogP contribution in [0.5, 0.6) is 0 Å². The molecular formula is C9H6N2OS. The topological polar surface area (TPSA) is 56.8 Å². The van der Waals surface area contributed by atoms with Crippen LogP contribution >= 0.6 is 12.0 Å². The Balaban J connectivity index is 3.09. The lowest BCUT2D eigenvalue weighted by Gasteiger charge is -1.98. The molecule has 0 saturated carbocycles. The van der Waals surface area contributed by atoms with Gasteiger partial charge in [0.15, 0.2) is 0 Å². The van der Waals surface area contributed by atoms with Crippen molar-refractivity contribution in [3.8, 4) is 12.1 Å². The molecule has 64 valence electrons. The zero-order valence-corrected chi connectivity index (χ0v) is 7.76. The second-order valence-electron chi connectivity index (χ2n) is 2.18. The fourth-order valence-corrected chi connectivity index (χ4v) is 1.34. The highest BCUT2D eigenvalue weighted by Gasteiger charge is 2.02. The van der Waals surface area contributed by atoms with E-state index in [4.69, 9.17) is 14.7 Å². The summed E-state index contributed by atoms with van der Waals surface area (Å²) in [5.41, 5.74) is 0.771. The van der Waals surface area contributed by atoms with Gasteiger partial charge in [-0.25, -0.2) is 0 Å². The SMILES string of the molecule is COSc1ccc(C#N)c(C#N)c1. The van der Waals surface area contributed by atoms with Gasteiger partial charge >= 0.3 is 0 Å². The van der Waals surface area contributed by atoms with Gasteiger partial charge in [0.25, 0.3) is 0 Å². The maximum atomic E-state index is 8.69. The van der Waals surface area contributed by atoms with Crippen LogP contribution in [0.1, 0.15) is 11.1 Å². The van der Waals surface area contributed by atoms with Gasteiger partial charge in [0.2, 0.25) is 0 Å². The lowest BCUT2D eigenvalue weighted by molar-refractivity contribution is 0.490. The lowest BCUT2D eigenvalue weighted by atomic mass is 10.1. The van der Waals surface area contributed by atoms with Crippen LogP contribution in [-0.2, 0) is 4.18 Å². The number of rotatable bonds is 2. The number of nitriles is 2. The Morgan fingerprint density at radius 2 is 1.92 bits per heavy atom. The first-order chi connectivity index (χ1) is 6.31. The van der Waals surface area contributed by atoms with Gasteiger partial charge in [-0.2, -0.15) is 10.5 Å². The molecule has 0 aliphatic heterocycles. The Hall–Kier alpha value is -1.49. The summed E-state index contributed by atoms with van der Waals surface area (Å²) in [4.78, 5) is 0.818. The van der Waals surface area contributed by atoms with Crippen molar-refractivity contribution in [2.24, 2.45) is 0 Å². The molecule has 0 atom stereocenters. The van der Waals surface area contributed by atoms with Gasteiger partial charge in [0.1, 0.15) is 12.1 Å². The Morgan fingerprint density at radius 1 is 1.23 bits per heavy atom. The number of nitrogens with zero attached hydrogens (tertiary/aromatic N) is 2. The molecule has 0 saturated heterocycles. The van der Waals surface area contributed by atoms with Crippen molar-refractivity contribution < 1.29 is 4.18 Å². The van der Waals surface area contributed by atoms with Crippen LogP contribution in [0.2, 0.25) is 0 Å². The van der Waals surface area contributed by atoms with Crippen molar-refractivity contribution in [1.29, 1.82) is 10.5 Å². The number of hydrogen-bond acceptors (Lipinski definition) is 4. The first-order valence-electron chi connectivity index (χ1n) is 3.46. The summed E-state index contributed by atoms with van der Waals surface area (Å²) in [7, 11) is 1.55. The molecule has 0 fully saturated rings. The molecule has 0 aliphatic rings. The van der Waals surface area contributed by atoms with Crippen LogP contribution in [0.25, 0.3) is 0 Å². The quantitative estimate of drug-likeness (QED) is 0.670. The highest BCUT2D eigenvalue weighted by atomic mass is 32.2. The van der Waals surface area contributed by atoms with E-state index in [1.54, 1.807) is 25.3 Å². The van der Waals surface area contributed by atoms with E-state index in [1.165, 1.54) is 0 Å². The summed E-state index contributed by atoms with van der Waals surface area (Å²) >= 11 is 1.16. The molecule has 0 spiro atoms. The van der Waals surface area contributed by atoms with Crippen LogP contribution in [-0.4, -0.2) is 7.11 Å². The normalized spacial score (nSPS) is 8.85. The molecule has 0 N–H and O–H groups in total. The van der Waals surface area contributed by atoms with Crippen molar-refractivity contribution in [3.63, 3.8) is 0 Å². The van der Waals surface area contributed by atoms with E-state index in [-0.39, 0.29) is 0 Å². The van der Waals surface area contributed by atoms with Crippen LogP contribution in [0.4, 0.5) is 0 Å². The van der Waals surface area contributed by atoms with Crippen molar-refractivity contribution in [3.05, 3.63) is 29.3 Å². The molecule has 0 radical (unpaired) electrons. The molecule has 0 amide bonds. The standard InChI is InChI=1S/C9H6N2OS/c1-12-13-9-3-2-7(5-10)8(4-9)6-11/h2-4H,1H3. The number of hydrogen-bond donors (Lipinski definition) is 0. The zero-order valence-electron chi connectivity index (χ0n) is 6.94. The van der Waals surface area contributed by atoms with Crippen LogP contribution in [0, 0.1) is 22.7 Å². The monoisotopic (exact) mass is 190 g/mol. The molecule has 0 unspecified atom stereocenters. The molecule has 13 heavy (non-hydrogen) atoms. The third-order valence-corrected chi connectivity index (χ3v) is 2.02. The average Bonchev–Trinajstić information content (AvgIpc) is 2.18. The smallest absolute Gasteiger partial charge is 0.101 e. The van der Waals surface area contributed by atoms with Gasteiger partial charge in [-0.15, -0.1) is 0 Å². The summed E-state index contributed by atoms with van der Waals surface area (Å²) < 4.78 is 4.83. The third-order valence-electron chi connectivity index (χ3n) is 1.41. The molecule has 0 aromatic heterocycles. The lowest BCUT2D eigenvalue weighted by Crippen LogP contribution is -1.84. The minimum absolute atomic E-state index is 0.379. The fourth-order valence-electron chi connectivity index (χ4n) is 0.861. The molecule has 1 aromatic rings. The predicted molar refractivity (Wildman–Crippen MR) is 48.7 cm³/mol. The number of benzene rings is 1. The molecule has 0 heterocycles. The summed E-state index contributed by atoms with van der Waals surface area (Å²) in [5, 5.41) is 17.3. The van der Waals surface area contributed by atoms with E-state index in [1.807, 2.05) is 12.1 Å². The fraction of sp³-hybridized carbons (Fsp3) is 0.111. The first kappa shape index (κ1) is 9.60. The Kier molecular flexibility index (Phi) is 3.33. The molecular weight excluding hydrogens is 184 g/mol. The van der Waals surface area contributed by atoms with E-state index in [2.05, 4.69) is 0 Å². The predicted octanol–water partition coefficient (Wildman–Crippen LogP) is 2.08. The van der Waals surface area contributed by atoms with Gasteiger partial charge in [-0.05, 0) is 18.2 Å². The van der Waals surface area contributed by atoms with E-state index >= 15 is 0 Å². The molecule has 0 aliphatic carbocycles. The van der Waals surface area contributed by atoms with Gasteiger partial charge in [0.05, 0.1) is 18.2 Å². The summed E-state index contributed by atoms with van der Waals surface area (Å²) in [6, 6.07) is 8.88. The molecule has 3 nitrogen and oxygen atoms in total. The van der Waals surface area contributed by atoms with Crippen LogP contribution in [0.3, 0.4) is 0 Å². The first-order valence-corrected chi connectivity index (χ1v) is 4.21. The van der Waals surface area contributed by atoms with Gasteiger partial charge in [-0.3, -0.25) is 0 Å². The van der Waals surface area contributed by atoms with E-state index < -0.39 is 0 Å². The van der Waals surface area contributed by atoms with Gasteiger partial charge in [0, 0.05) is 16.9 Å². The highest BCUT2D eigenvalue weighted by molar-refractivity contribution is 7.94. The summed E-state index contributed by atoms with van der Waals surface area (Å²) in [6.45, 7) is 0.